The summed E-state index contributed by atoms with van der Waals surface area (Å²) in [6.45, 7) is 2.54. The van der Waals surface area contributed by atoms with Crippen molar-refractivity contribution < 1.29 is 13.5 Å². The fraction of sp³-hybridized carbons (Fsp3) is 0.800. The molecule has 1 unspecified atom stereocenters. The number of hydrogen-bond donors (Lipinski definition) is 1. The maximum absolute atomic E-state index is 11.9. The van der Waals surface area contributed by atoms with Crippen LogP contribution in [0.3, 0.4) is 0 Å². The van der Waals surface area contributed by atoms with Crippen molar-refractivity contribution in [3.05, 3.63) is 11.9 Å². The highest BCUT2D eigenvalue weighted by molar-refractivity contribution is 5.01. The molecule has 7 heteroatoms. The Morgan fingerprint density at radius 2 is 2.29 bits per heavy atom. The number of alkyl halides is 2. The zero-order valence-electron chi connectivity index (χ0n) is 10.1. The van der Waals surface area contributed by atoms with Crippen LogP contribution in [-0.4, -0.2) is 41.2 Å². The lowest BCUT2D eigenvalue weighted by molar-refractivity contribution is 0.0142. The second kappa shape index (κ2) is 7.29. The lowest BCUT2D eigenvalue weighted by Gasteiger charge is -2.17. The van der Waals surface area contributed by atoms with Crippen LogP contribution in [-0.2, 0) is 11.8 Å². The second-order valence-electron chi connectivity index (χ2n) is 3.65. The maximum atomic E-state index is 11.9. The fourth-order valence-corrected chi connectivity index (χ4v) is 1.59. The zero-order valence-corrected chi connectivity index (χ0v) is 10.1. The molecule has 0 aromatic carbocycles. The van der Waals surface area contributed by atoms with Gasteiger partial charge in [-0.25, -0.2) is 8.78 Å². The number of rotatable bonds is 8. The summed E-state index contributed by atoms with van der Waals surface area (Å²) in [5.74, 6) is 0. The predicted molar refractivity (Wildman–Crippen MR) is 58.9 cm³/mol. The summed E-state index contributed by atoms with van der Waals surface area (Å²) >= 11 is 0. The third kappa shape index (κ3) is 4.74. The molecule has 1 rings (SSSR count). The molecule has 0 aliphatic heterocycles. The third-order valence-corrected chi connectivity index (χ3v) is 2.35. The van der Waals surface area contributed by atoms with Crippen LogP contribution in [0, 0.1) is 0 Å². The van der Waals surface area contributed by atoms with Gasteiger partial charge in [-0.2, -0.15) is 0 Å². The van der Waals surface area contributed by atoms with E-state index in [0.29, 0.717) is 6.42 Å². The third-order valence-electron chi connectivity index (χ3n) is 2.35. The molecule has 1 aromatic rings. The first-order valence-electron chi connectivity index (χ1n) is 5.59. The fourth-order valence-electron chi connectivity index (χ4n) is 1.59. The number of nitrogens with one attached hydrogen (secondary N) is 1. The highest BCUT2D eigenvalue weighted by Gasteiger charge is 2.14. The molecular weight excluding hydrogens is 230 g/mol. The molecule has 0 fully saturated rings. The van der Waals surface area contributed by atoms with Gasteiger partial charge in [-0.1, -0.05) is 12.1 Å². The van der Waals surface area contributed by atoms with E-state index in [1.54, 1.807) is 17.9 Å². The van der Waals surface area contributed by atoms with Gasteiger partial charge in [0.25, 0.3) is 6.43 Å². The topological polar surface area (TPSA) is 52.0 Å². The maximum Gasteiger partial charge on any atom is 0.261 e. The molecule has 0 saturated heterocycles. The molecule has 0 amide bonds. The highest BCUT2D eigenvalue weighted by atomic mass is 19.3. The normalized spacial score (nSPS) is 13.2. The standard InChI is InChI=1S/C10H18F2N4O/c1-3-13-8(4-5-17-7-10(11)12)9-6-14-15-16(9)2/h6,8,10,13H,3-5,7H2,1-2H3. The van der Waals surface area contributed by atoms with E-state index in [1.165, 1.54) is 0 Å². The molecule has 5 nitrogen and oxygen atoms in total. The number of nitrogens with zero attached hydrogens (tertiary/aromatic N) is 3. The van der Waals surface area contributed by atoms with Gasteiger partial charge in [-0.15, -0.1) is 5.10 Å². The van der Waals surface area contributed by atoms with E-state index < -0.39 is 13.0 Å². The first kappa shape index (κ1) is 14.0. The smallest absolute Gasteiger partial charge is 0.261 e. The van der Waals surface area contributed by atoms with Gasteiger partial charge < -0.3 is 10.1 Å². The predicted octanol–water partition coefficient (Wildman–Crippen LogP) is 1.14. The Balaban J connectivity index is 2.41. The van der Waals surface area contributed by atoms with Crippen molar-refractivity contribution in [1.29, 1.82) is 0 Å². The van der Waals surface area contributed by atoms with Crippen LogP contribution in [0.2, 0.25) is 0 Å². The van der Waals surface area contributed by atoms with Crippen LogP contribution in [0.5, 0.6) is 0 Å². The number of hydrogen-bond acceptors (Lipinski definition) is 4. The minimum Gasteiger partial charge on any atom is -0.375 e. The van der Waals surface area contributed by atoms with Crippen molar-refractivity contribution >= 4 is 0 Å². The van der Waals surface area contributed by atoms with Gasteiger partial charge in [0.15, 0.2) is 0 Å². The van der Waals surface area contributed by atoms with Crippen LogP contribution in [0.25, 0.3) is 0 Å². The van der Waals surface area contributed by atoms with Crippen molar-refractivity contribution in [1.82, 2.24) is 20.3 Å². The zero-order chi connectivity index (χ0) is 12.7. The van der Waals surface area contributed by atoms with Gasteiger partial charge in [0.1, 0.15) is 6.61 Å². The summed E-state index contributed by atoms with van der Waals surface area (Å²) in [7, 11) is 1.80. The number of ether oxygens (including phenoxy) is 1. The molecule has 0 aliphatic rings. The summed E-state index contributed by atoms with van der Waals surface area (Å²) in [5, 5.41) is 10.9. The lowest BCUT2D eigenvalue weighted by Crippen LogP contribution is -2.24. The number of aromatic nitrogens is 3. The Labute approximate surface area is 99.1 Å². The van der Waals surface area contributed by atoms with Crippen molar-refractivity contribution in [2.45, 2.75) is 25.8 Å². The first-order valence-corrected chi connectivity index (χ1v) is 5.59. The van der Waals surface area contributed by atoms with E-state index in [-0.39, 0.29) is 12.6 Å². The average Bonchev–Trinajstić information content (AvgIpc) is 2.69. The largest absolute Gasteiger partial charge is 0.375 e. The Morgan fingerprint density at radius 3 is 2.82 bits per heavy atom. The van der Waals surface area contributed by atoms with Crippen LogP contribution < -0.4 is 5.32 Å². The summed E-state index contributed by atoms with van der Waals surface area (Å²) in [5.41, 5.74) is 0.924. The molecule has 0 aliphatic carbocycles. The van der Waals surface area contributed by atoms with Crippen molar-refractivity contribution in [2.24, 2.45) is 7.05 Å². The molecule has 1 atom stereocenters. The van der Waals surface area contributed by atoms with E-state index >= 15 is 0 Å². The molecule has 1 heterocycles. The van der Waals surface area contributed by atoms with Gasteiger partial charge in [0.2, 0.25) is 0 Å². The molecule has 0 radical (unpaired) electrons. The van der Waals surface area contributed by atoms with Crippen LogP contribution >= 0.6 is 0 Å². The Hall–Kier alpha value is -1.08. The molecule has 98 valence electrons. The SMILES string of the molecule is CCNC(CCOCC(F)F)c1cnnn1C. The Morgan fingerprint density at radius 1 is 1.53 bits per heavy atom. The summed E-state index contributed by atoms with van der Waals surface area (Å²) in [4.78, 5) is 0. The van der Waals surface area contributed by atoms with Crippen molar-refractivity contribution in [2.75, 3.05) is 19.8 Å². The molecule has 0 saturated carbocycles. The Bertz CT molecular complexity index is 319. The molecule has 17 heavy (non-hydrogen) atoms. The molecule has 1 N–H and O–H groups in total. The van der Waals surface area contributed by atoms with Gasteiger partial charge >= 0.3 is 0 Å². The van der Waals surface area contributed by atoms with Crippen LogP contribution in [0.1, 0.15) is 25.1 Å². The lowest BCUT2D eigenvalue weighted by atomic mass is 10.1. The summed E-state index contributed by atoms with van der Waals surface area (Å²) < 4.78 is 30.3. The van der Waals surface area contributed by atoms with Gasteiger partial charge in [-0.05, 0) is 13.0 Å². The first-order chi connectivity index (χ1) is 8.15. The van der Waals surface area contributed by atoms with E-state index in [0.717, 1.165) is 12.2 Å². The highest BCUT2D eigenvalue weighted by Crippen LogP contribution is 2.14. The second-order valence-corrected chi connectivity index (χ2v) is 3.65. The van der Waals surface area contributed by atoms with Crippen LogP contribution in [0.4, 0.5) is 8.78 Å². The van der Waals surface area contributed by atoms with E-state index in [4.69, 9.17) is 4.74 Å². The summed E-state index contributed by atoms with van der Waals surface area (Å²) in [6, 6.07) is 0.0256. The molecule has 0 spiro atoms. The molecule has 0 bridgehead atoms. The quantitative estimate of drug-likeness (QED) is 0.701. The van der Waals surface area contributed by atoms with Crippen LogP contribution in [0.15, 0.2) is 6.20 Å². The van der Waals surface area contributed by atoms with E-state index in [1.807, 2.05) is 6.92 Å². The number of halogens is 2. The number of aryl methyl sites for hydroxylation is 1. The monoisotopic (exact) mass is 248 g/mol. The Kier molecular flexibility index (Phi) is 5.99. The minimum absolute atomic E-state index is 0.0256. The van der Waals surface area contributed by atoms with E-state index in [2.05, 4.69) is 15.6 Å². The minimum atomic E-state index is -2.41. The summed E-state index contributed by atoms with van der Waals surface area (Å²) in [6.07, 6.45) is -0.131. The average molecular weight is 248 g/mol. The van der Waals surface area contributed by atoms with Crippen molar-refractivity contribution in [3.8, 4) is 0 Å². The van der Waals surface area contributed by atoms with Gasteiger partial charge in [0, 0.05) is 13.7 Å². The van der Waals surface area contributed by atoms with Gasteiger partial charge in [0.05, 0.1) is 17.9 Å². The van der Waals surface area contributed by atoms with Gasteiger partial charge in [-0.3, -0.25) is 4.68 Å². The molecular formula is C10H18F2N4O. The van der Waals surface area contributed by atoms with Crippen molar-refractivity contribution in [3.63, 3.8) is 0 Å². The van der Waals surface area contributed by atoms with E-state index in [9.17, 15) is 8.78 Å². The molecule has 1 aromatic heterocycles.